The van der Waals surface area contributed by atoms with E-state index in [9.17, 15) is 4.79 Å². The normalized spacial score (nSPS) is 24.5. The summed E-state index contributed by atoms with van der Waals surface area (Å²) in [6, 6.07) is 0.625. The Kier molecular flexibility index (Phi) is 4.76. The molecule has 70 valence electrons. The van der Waals surface area contributed by atoms with Crippen molar-refractivity contribution in [3.63, 3.8) is 0 Å². The minimum absolute atomic E-state index is 0.625. The van der Waals surface area contributed by atoms with Crippen LogP contribution in [0.2, 0.25) is 0 Å². The second-order valence-corrected chi connectivity index (χ2v) is 3.36. The Labute approximate surface area is 73.9 Å². The predicted molar refractivity (Wildman–Crippen MR) is 48.9 cm³/mol. The van der Waals surface area contributed by atoms with E-state index in [1.54, 1.807) is 0 Å². The first-order chi connectivity index (χ1) is 5.93. The molecule has 1 unspecified atom stereocenters. The fraction of sp³-hybridized carbons (Fsp3) is 0.889. The summed E-state index contributed by atoms with van der Waals surface area (Å²) in [6.45, 7) is 1.95. The van der Waals surface area contributed by atoms with Crippen LogP contribution in [0.3, 0.4) is 0 Å². The minimum atomic E-state index is 0.625. The monoisotopic (exact) mass is 170 g/mol. The van der Waals surface area contributed by atoms with Crippen LogP contribution in [0.15, 0.2) is 0 Å². The van der Waals surface area contributed by atoms with E-state index in [0.717, 1.165) is 25.9 Å². The van der Waals surface area contributed by atoms with Crippen molar-refractivity contribution in [3.8, 4) is 0 Å². The molecule has 1 aliphatic rings. The highest BCUT2D eigenvalue weighted by Crippen LogP contribution is 2.09. The summed E-state index contributed by atoms with van der Waals surface area (Å²) in [4.78, 5) is 9.98. The Bertz CT molecular complexity index is 120. The van der Waals surface area contributed by atoms with Gasteiger partial charge in [0.05, 0.1) is 0 Å². The first kappa shape index (κ1) is 9.52. The minimum Gasteiger partial charge on any atom is -0.359 e. The van der Waals surface area contributed by atoms with Gasteiger partial charge >= 0.3 is 0 Å². The van der Waals surface area contributed by atoms with Gasteiger partial charge in [-0.2, -0.15) is 0 Å². The van der Waals surface area contributed by atoms with Gasteiger partial charge in [-0.15, -0.1) is 0 Å². The number of carbonyl (C=O) groups is 1. The van der Waals surface area contributed by atoms with Gasteiger partial charge in [-0.3, -0.25) is 4.79 Å². The number of carbonyl (C=O) groups excluding carboxylic acids is 1. The van der Waals surface area contributed by atoms with Crippen molar-refractivity contribution in [3.05, 3.63) is 0 Å². The third kappa shape index (κ3) is 3.72. The van der Waals surface area contributed by atoms with Crippen LogP contribution in [0.5, 0.6) is 0 Å². The fourth-order valence-electron chi connectivity index (χ4n) is 1.66. The van der Waals surface area contributed by atoms with Crippen molar-refractivity contribution in [1.29, 1.82) is 0 Å². The van der Waals surface area contributed by atoms with Crippen molar-refractivity contribution in [1.82, 2.24) is 10.6 Å². The second kappa shape index (κ2) is 6.00. The average molecular weight is 170 g/mol. The van der Waals surface area contributed by atoms with E-state index in [0.29, 0.717) is 6.04 Å². The molecule has 0 radical (unpaired) electrons. The second-order valence-electron chi connectivity index (χ2n) is 3.36. The number of hydrogen-bond donors (Lipinski definition) is 2. The molecule has 0 aromatic rings. The van der Waals surface area contributed by atoms with E-state index in [1.165, 1.54) is 25.7 Å². The van der Waals surface area contributed by atoms with E-state index in [1.807, 2.05) is 0 Å². The summed E-state index contributed by atoms with van der Waals surface area (Å²) in [7, 11) is 0. The van der Waals surface area contributed by atoms with Crippen LogP contribution in [0, 0.1) is 0 Å². The largest absolute Gasteiger partial charge is 0.359 e. The van der Waals surface area contributed by atoms with Crippen LogP contribution >= 0.6 is 0 Å². The van der Waals surface area contributed by atoms with Crippen molar-refractivity contribution in [2.24, 2.45) is 0 Å². The van der Waals surface area contributed by atoms with Gasteiger partial charge in [0, 0.05) is 12.6 Å². The van der Waals surface area contributed by atoms with E-state index in [-0.39, 0.29) is 0 Å². The highest BCUT2D eigenvalue weighted by molar-refractivity contribution is 5.45. The molecule has 1 atom stereocenters. The van der Waals surface area contributed by atoms with Gasteiger partial charge in [-0.1, -0.05) is 12.8 Å². The number of amides is 1. The van der Waals surface area contributed by atoms with Crippen LogP contribution in [0.25, 0.3) is 0 Å². The molecule has 3 heteroatoms. The van der Waals surface area contributed by atoms with Crippen LogP contribution < -0.4 is 10.6 Å². The molecule has 0 bridgehead atoms. The molecule has 1 rings (SSSR count). The Morgan fingerprint density at radius 2 is 2.33 bits per heavy atom. The number of hydrogen-bond acceptors (Lipinski definition) is 2. The summed E-state index contributed by atoms with van der Waals surface area (Å²) in [5.74, 6) is 0. The molecule has 1 heterocycles. The molecule has 0 aliphatic carbocycles. The van der Waals surface area contributed by atoms with E-state index in [4.69, 9.17) is 0 Å². The van der Waals surface area contributed by atoms with Crippen LogP contribution in [0.4, 0.5) is 0 Å². The quantitative estimate of drug-likeness (QED) is 0.480. The molecule has 1 fully saturated rings. The lowest BCUT2D eigenvalue weighted by molar-refractivity contribution is -0.109. The summed E-state index contributed by atoms with van der Waals surface area (Å²) >= 11 is 0. The fourth-order valence-corrected chi connectivity index (χ4v) is 1.66. The maximum atomic E-state index is 9.98. The third-order valence-electron chi connectivity index (χ3n) is 2.38. The lowest BCUT2D eigenvalue weighted by Gasteiger charge is -2.14. The topological polar surface area (TPSA) is 41.1 Å². The molecule has 1 saturated heterocycles. The van der Waals surface area contributed by atoms with Crippen LogP contribution in [0.1, 0.15) is 32.1 Å². The molecular weight excluding hydrogens is 152 g/mol. The first-order valence-electron chi connectivity index (χ1n) is 4.84. The maximum absolute atomic E-state index is 9.98. The van der Waals surface area contributed by atoms with Gasteiger partial charge in [0.15, 0.2) is 0 Å². The smallest absolute Gasteiger partial charge is 0.207 e. The molecule has 3 nitrogen and oxygen atoms in total. The lowest BCUT2D eigenvalue weighted by Crippen LogP contribution is -2.31. The zero-order valence-corrected chi connectivity index (χ0v) is 7.51. The van der Waals surface area contributed by atoms with Gasteiger partial charge in [0.1, 0.15) is 0 Å². The zero-order chi connectivity index (χ0) is 8.65. The Morgan fingerprint density at radius 1 is 1.42 bits per heavy atom. The number of rotatable bonds is 4. The Balaban J connectivity index is 2.07. The van der Waals surface area contributed by atoms with Gasteiger partial charge in [-0.25, -0.2) is 0 Å². The molecule has 1 aliphatic heterocycles. The Hall–Kier alpha value is -0.570. The van der Waals surface area contributed by atoms with Crippen molar-refractivity contribution < 1.29 is 4.79 Å². The van der Waals surface area contributed by atoms with Crippen molar-refractivity contribution >= 4 is 6.41 Å². The molecule has 2 N–H and O–H groups in total. The van der Waals surface area contributed by atoms with Crippen LogP contribution in [-0.2, 0) is 4.79 Å². The average Bonchev–Trinajstić information content (AvgIpc) is 2.33. The van der Waals surface area contributed by atoms with E-state index in [2.05, 4.69) is 10.6 Å². The molecular formula is C9H18N2O. The Morgan fingerprint density at radius 3 is 3.17 bits per heavy atom. The van der Waals surface area contributed by atoms with E-state index < -0.39 is 0 Å². The summed E-state index contributed by atoms with van der Waals surface area (Å²) in [5, 5.41) is 6.18. The lowest BCUT2D eigenvalue weighted by atomic mass is 10.1. The molecule has 0 saturated carbocycles. The molecule has 1 amide bonds. The van der Waals surface area contributed by atoms with Crippen LogP contribution in [-0.4, -0.2) is 25.5 Å². The summed E-state index contributed by atoms with van der Waals surface area (Å²) in [6.07, 6.45) is 7.09. The highest BCUT2D eigenvalue weighted by atomic mass is 16.1. The van der Waals surface area contributed by atoms with Gasteiger partial charge in [-0.05, 0) is 25.8 Å². The molecule has 0 spiro atoms. The highest BCUT2D eigenvalue weighted by Gasteiger charge is 2.09. The molecule has 12 heavy (non-hydrogen) atoms. The van der Waals surface area contributed by atoms with E-state index >= 15 is 0 Å². The SMILES string of the molecule is O=CNCCC1CCCCCN1. The van der Waals surface area contributed by atoms with Gasteiger partial charge in [0.25, 0.3) is 0 Å². The first-order valence-corrected chi connectivity index (χ1v) is 4.84. The van der Waals surface area contributed by atoms with Gasteiger partial charge in [0.2, 0.25) is 6.41 Å². The van der Waals surface area contributed by atoms with Crippen molar-refractivity contribution in [2.45, 2.75) is 38.1 Å². The number of nitrogens with one attached hydrogen (secondary N) is 2. The summed E-state index contributed by atoms with van der Waals surface area (Å²) in [5.41, 5.74) is 0. The molecule has 0 aromatic carbocycles. The standard InChI is InChI=1S/C9H18N2O/c12-8-10-7-5-9-4-2-1-3-6-11-9/h8-9,11H,1-7H2,(H,10,12). The third-order valence-corrected chi connectivity index (χ3v) is 2.38. The zero-order valence-electron chi connectivity index (χ0n) is 7.51. The molecule has 0 aromatic heterocycles. The predicted octanol–water partition coefficient (Wildman–Crippen LogP) is 0.655. The maximum Gasteiger partial charge on any atom is 0.207 e. The van der Waals surface area contributed by atoms with Crippen molar-refractivity contribution in [2.75, 3.05) is 13.1 Å². The van der Waals surface area contributed by atoms with Gasteiger partial charge < -0.3 is 10.6 Å². The summed E-state index contributed by atoms with van der Waals surface area (Å²) < 4.78 is 0.